The summed E-state index contributed by atoms with van der Waals surface area (Å²) in [4.78, 5) is 16.4. The summed E-state index contributed by atoms with van der Waals surface area (Å²) in [5.74, 6) is -0.176. The average Bonchev–Trinajstić information content (AvgIpc) is 2.96. The Balaban J connectivity index is 1.84. The minimum Gasteiger partial charge on any atom is -0.351 e. The zero-order valence-electron chi connectivity index (χ0n) is 13.7. The molecule has 2 rings (SSSR count). The third kappa shape index (κ3) is 5.26. The fourth-order valence-electron chi connectivity index (χ4n) is 2.89. The van der Waals surface area contributed by atoms with Gasteiger partial charge in [-0.25, -0.2) is 13.4 Å². The number of amides is 1. The first-order valence-electron chi connectivity index (χ1n) is 8.11. The zero-order chi connectivity index (χ0) is 16.9. The van der Waals surface area contributed by atoms with Crippen LogP contribution in [0.3, 0.4) is 0 Å². The normalized spacial score (nSPS) is 19.7. The Labute approximate surface area is 142 Å². The highest BCUT2D eigenvalue weighted by molar-refractivity contribution is 7.88. The van der Waals surface area contributed by atoms with Crippen LogP contribution in [0.25, 0.3) is 0 Å². The van der Waals surface area contributed by atoms with E-state index in [0.717, 1.165) is 37.1 Å². The Kier molecular flexibility index (Phi) is 6.55. The molecule has 6 nitrogen and oxygen atoms in total. The molecular formula is C15H25N3O3S2. The minimum absolute atomic E-state index is 0.00913. The lowest BCUT2D eigenvalue weighted by molar-refractivity contribution is 0.0945. The fourth-order valence-corrected chi connectivity index (χ4v) is 4.98. The van der Waals surface area contributed by atoms with Crippen molar-refractivity contribution in [3.63, 3.8) is 0 Å². The fraction of sp³-hybridized carbons (Fsp3) is 0.733. The van der Waals surface area contributed by atoms with Gasteiger partial charge in [0.15, 0.2) is 0 Å². The number of carbonyl (C=O) groups excluding carboxylic acids is 1. The van der Waals surface area contributed by atoms with Crippen LogP contribution in [0, 0.1) is 0 Å². The molecule has 1 amide bonds. The molecule has 1 aliphatic rings. The number of aryl methyl sites for hydroxylation is 1. The summed E-state index contributed by atoms with van der Waals surface area (Å²) in [6, 6.07) is -0.00913. The average molecular weight is 360 g/mol. The van der Waals surface area contributed by atoms with E-state index in [1.807, 2.05) is 0 Å². The topological polar surface area (TPSA) is 79.4 Å². The minimum atomic E-state index is -3.17. The van der Waals surface area contributed by atoms with Gasteiger partial charge in [-0.1, -0.05) is 13.3 Å². The molecule has 0 aliphatic carbocycles. The van der Waals surface area contributed by atoms with Crippen molar-refractivity contribution in [2.45, 2.75) is 51.5 Å². The zero-order valence-corrected chi connectivity index (χ0v) is 15.4. The van der Waals surface area contributed by atoms with E-state index in [9.17, 15) is 13.2 Å². The van der Waals surface area contributed by atoms with Gasteiger partial charge in [0.25, 0.3) is 5.91 Å². The molecule has 0 spiro atoms. The lowest BCUT2D eigenvalue weighted by Crippen LogP contribution is -2.44. The monoisotopic (exact) mass is 359 g/mol. The van der Waals surface area contributed by atoms with Crippen LogP contribution in [0.1, 0.15) is 54.5 Å². The molecule has 1 fully saturated rings. The molecule has 0 radical (unpaired) electrons. The molecule has 1 N–H and O–H groups in total. The summed E-state index contributed by atoms with van der Waals surface area (Å²) >= 11 is 1.51. The van der Waals surface area contributed by atoms with Crippen LogP contribution >= 0.6 is 11.3 Å². The Hall–Kier alpha value is -0.990. The van der Waals surface area contributed by atoms with E-state index < -0.39 is 10.0 Å². The van der Waals surface area contributed by atoms with Crippen molar-refractivity contribution in [1.82, 2.24) is 14.6 Å². The van der Waals surface area contributed by atoms with Crippen LogP contribution in [-0.4, -0.2) is 49.0 Å². The standard InChI is InChI=1S/C15H25N3O3S2/c1-3-6-14-17-13(11-22-14)15(19)16-9-8-12-7-4-5-10-18(12)23(2,20)21/h11-12H,3-10H2,1-2H3,(H,16,19). The summed E-state index contributed by atoms with van der Waals surface area (Å²) in [6.45, 7) is 3.14. The SMILES string of the molecule is CCCc1nc(C(=O)NCCC2CCCCN2S(C)(=O)=O)cs1. The second kappa shape index (κ2) is 8.21. The maximum atomic E-state index is 12.1. The molecule has 23 heavy (non-hydrogen) atoms. The molecule has 130 valence electrons. The number of thiazole rings is 1. The van der Waals surface area contributed by atoms with Crippen LogP contribution in [0.2, 0.25) is 0 Å². The molecular weight excluding hydrogens is 334 g/mol. The van der Waals surface area contributed by atoms with E-state index in [4.69, 9.17) is 0 Å². The largest absolute Gasteiger partial charge is 0.351 e. The lowest BCUT2D eigenvalue weighted by atomic mass is 10.0. The van der Waals surface area contributed by atoms with Gasteiger partial charge >= 0.3 is 0 Å². The van der Waals surface area contributed by atoms with Gasteiger partial charge < -0.3 is 5.32 Å². The Morgan fingerprint density at radius 2 is 2.26 bits per heavy atom. The Bertz CT molecular complexity index is 628. The van der Waals surface area contributed by atoms with Crippen molar-refractivity contribution in [3.8, 4) is 0 Å². The number of hydrogen-bond donors (Lipinski definition) is 1. The molecule has 1 saturated heterocycles. The van der Waals surface area contributed by atoms with Crippen molar-refractivity contribution < 1.29 is 13.2 Å². The van der Waals surface area contributed by atoms with E-state index in [1.54, 1.807) is 9.69 Å². The predicted molar refractivity (Wildman–Crippen MR) is 92.2 cm³/mol. The summed E-state index contributed by atoms with van der Waals surface area (Å²) in [5.41, 5.74) is 0.460. The Morgan fingerprint density at radius 1 is 1.48 bits per heavy atom. The van der Waals surface area contributed by atoms with Gasteiger partial charge in [-0.15, -0.1) is 11.3 Å². The van der Waals surface area contributed by atoms with Gasteiger partial charge in [0.2, 0.25) is 10.0 Å². The van der Waals surface area contributed by atoms with Gasteiger partial charge in [-0.05, 0) is 32.1 Å². The number of carbonyl (C=O) groups is 1. The van der Waals surface area contributed by atoms with Gasteiger partial charge in [0, 0.05) is 24.5 Å². The van der Waals surface area contributed by atoms with Crippen LogP contribution in [0.5, 0.6) is 0 Å². The van der Waals surface area contributed by atoms with Gasteiger partial charge in [0.1, 0.15) is 5.69 Å². The number of nitrogens with one attached hydrogen (secondary N) is 1. The highest BCUT2D eigenvalue weighted by Crippen LogP contribution is 2.22. The summed E-state index contributed by atoms with van der Waals surface area (Å²) in [5, 5.41) is 5.62. The van der Waals surface area contributed by atoms with E-state index in [-0.39, 0.29) is 11.9 Å². The lowest BCUT2D eigenvalue weighted by Gasteiger charge is -2.33. The highest BCUT2D eigenvalue weighted by atomic mass is 32.2. The van der Waals surface area contributed by atoms with Crippen molar-refractivity contribution in [2.75, 3.05) is 19.3 Å². The van der Waals surface area contributed by atoms with Crippen LogP contribution in [0.4, 0.5) is 0 Å². The molecule has 0 aromatic carbocycles. The van der Waals surface area contributed by atoms with Crippen molar-refractivity contribution >= 4 is 27.3 Å². The van der Waals surface area contributed by atoms with Crippen molar-refractivity contribution in [2.24, 2.45) is 0 Å². The van der Waals surface area contributed by atoms with Gasteiger partial charge in [-0.3, -0.25) is 4.79 Å². The number of rotatable bonds is 7. The molecule has 1 aliphatic heterocycles. The molecule has 2 heterocycles. The van der Waals surface area contributed by atoms with E-state index in [2.05, 4.69) is 17.2 Å². The van der Waals surface area contributed by atoms with Gasteiger partial charge in [-0.2, -0.15) is 4.31 Å². The van der Waals surface area contributed by atoms with Crippen LogP contribution in [-0.2, 0) is 16.4 Å². The van der Waals surface area contributed by atoms with E-state index >= 15 is 0 Å². The molecule has 1 aromatic rings. The predicted octanol–water partition coefficient (Wildman–Crippen LogP) is 2.03. The Morgan fingerprint density at radius 3 is 2.96 bits per heavy atom. The molecule has 1 unspecified atom stereocenters. The first-order valence-corrected chi connectivity index (χ1v) is 10.8. The first kappa shape index (κ1) is 18.4. The number of hydrogen-bond acceptors (Lipinski definition) is 5. The quantitative estimate of drug-likeness (QED) is 0.808. The van der Waals surface area contributed by atoms with Gasteiger partial charge in [0.05, 0.1) is 11.3 Å². The van der Waals surface area contributed by atoms with Crippen molar-refractivity contribution in [3.05, 3.63) is 16.1 Å². The maximum absolute atomic E-state index is 12.1. The second-order valence-corrected chi connectivity index (χ2v) is 8.82. The summed E-state index contributed by atoms with van der Waals surface area (Å²) in [7, 11) is -3.17. The molecule has 0 saturated carbocycles. The third-order valence-corrected chi connectivity index (χ3v) is 6.25. The molecule has 1 aromatic heterocycles. The highest BCUT2D eigenvalue weighted by Gasteiger charge is 2.28. The second-order valence-electron chi connectivity index (χ2n) is 5.94. The van der Waals surface area contributed by atoms with Crippen LogP contribution in [0.15, 0.2) is 5.38 Å². The first-order chi connectivity index (χ1) is 10.9. The number of piperidine rings is 1. The smallest absolute Gasteiger partial charge is 0.270 e. The van der Waals surface area contributed by atoms with E-state index in [1.165, 1.54) is 17.6 Å². The molecule has 0 bridgehead atoms. The number of aromatic nitrogens is 1. The van der Waals surface area contributed by atoms with Crippen LogP contribution < -0.4 is 5.32 Å². The molecule has 1 atom stereocenters. The maximum Gasteiger partial charge on any atom is 0.270 e. The van der Waals surface area contributed by atoms with Crippen molar-refractivity contribution in [1.29, 1.82) is 0 Å². The molecule has 8 heteroatoms. The summed E-state index contributed by atoms with van der Waals surface area (Å²) < 4.78 is 25.2. The number of sulfonamides is 1. The summed E-state index contributed by atoms with van der Waals surface area (Å²) in [6.07, 6.45) is 6.62. The third-order valence-electron chi connectivity index (χ3n) is 4.01. The van der Waals surface area contributed by atoms with E-state index in [0.29, 0.717) is 25.2 Å². The number of nitrogens with zero attached hydrogens (tertiary/aromatic N) is 2.